The van der Waals surface area contributed by atoms with E-state index in [0.717, 1.165) is 19.3 Å². The third kappa shape index (κ3) is 1.61. The Labute approximate surface area is 80.0 Å². The van der Waals surface area contributed by atoms with Gasteiger partial charge in [-0.3, -0.25) is 0 Å². The van der Waals surface area contributed by atoms with Gasteiger partial charge in [0.2, 0.25) is 0 Å². The highest BCUT2D eigenvalue weighted by atomic mass is 14.6. The van der Waals surface area contributed by atoms with Crippen LogP contribution in [0.3, 0.4) is 0 Å². The Kier molecular flexibility index (Phi) is 2.36. The molecule has 0 aromatic heterocycles. The Morgan fingerprint density at radius 1 is 1.46 bits per heavy atom. The largest absolute Gasteiger partial charge is 0.327 e. The molecule has 2 N–H and O–H groups in total. The van der Waals surface area contributed by atoms with Crippen LogP contribution in [0.5, 0.6) is 0 Å². The molecule has 0 spiro atoms. The van der Waals surface area contributed by atoms with Crippen LogP contribution in [0.25, 0.3) is 0 Å². The Bertz CT molecular complexity index is 290. The van der Waals surface area contributed by atoms with Crippen molar-refractivity contribution in [2.75, 3.05) is 0 Å². The highest BCUT2D eigenvalue weighted by molar-refractivity contribution is 5.37. The van der Waals surface area contributed by atoms with E-state index in [1.54, 1.807) is 0 Å². The van der Waals surface area contributed by atoms with Crippen molar-refractivity contribution in [1.29, 1.82) is 0 Å². The first kappa shape index (κ1) is 8.76. The Hall–Kier alpha value is -0.820. The molecule has 1 aliphatic carbocycles. The molecule has 0 saturated carbocycles. The lowest BCUT2D eigenvalue weighted by atomic mass is 9.85. The van der Waals surface area contributed by atoms with Crippen molar-refractivity contribution >= 4 is 0 Å². The topological polar surface area (TPSA) is 26.0 Å². The van der Waals surface area contributed by atoms with E-state index in [1.165, 1.54) is 23.1 Å². The van der Waals surface area contributed by atoms with Crippen LogP contribution >= 0.6 is 0 Å². The number of hydrogen-bond donors (Lipinski definition) is 1. The van der Waals surface area contributed by atoms with Gasteiger partial charge in [0, 0.05) is 6.04 Å². The van der Waals surface area contributed by atoms with Crippen LogP contribution in [-0.4, -0.2) is 6.04 Å². The Morgan fingerprint density at radius 3 is 3.08 bits per heavy atom. The van der Waals surface area contributed by atoms with Gasteiger partial charge in [-0.1, -0.05) is 25.1 Å². The third-order valence-corrected chi connectivity index (χ3v) is 3.00. The van der Waals surface area contributed by atoms with Crippen molar-refractivity contribution in [3.8, 4) is 0 Å². The van der Waals surface area contributed by atoms with E-state index in [9.17, 15) is 0 Å². The smallest absolute Gasteiger partial charge is 0.00826 e. The van der Waals surface area contributed by atoms with E-state index >= 15 is 0 Å². The summed E-state index contributed by atoms with van der Waals surface area (Å²) >= 11 is 0. The average molecular weight is 175 g/mol. The molecule has 1 aliphatic rings. The fourth-order valence-electron chi connectivity index (χ4n) is 2.22. The van der Waals surface area contributed by atoms with Gasteiger partial charge in [0.05, 0.1) is 0 Å². The molecule has 13 heavy (non-hydrogen) atoms. The van der Waals surface area contributed by atoms with E-state index < -0.39 is 0 Å². The first-order valence-corrected chi connectivity index (χ1v) is 5.16. The second kappa shape index (κ2) is 3.51. The minimum absolute atomic E-state index is 0.389. The average Bonchev–Trinajstić information content (AvgIpc) is 2.17. The molecule has 0 aliphatic heterocycles. The first-order chi connectivity index (χ1) is 6.31. The minimum atomic E-state index is 0.389. The monoisotopic (exact) mass is 175 g/mol. The summed E-state index contributed by atoms with van der Waals surface area (Å²) in [5.74, 6) is 0. The SMILES string of the molecule is CCc1cccc2c1C[C@H](N)CC2. The van der Waals surface area contributed by atoms with Gasteiger partial charge >= 0.3 is 0 Å². The number of benzene rings is 1. The fourth-order valence-corrected chi connectivity index (χ4v) is 2.22. The van der Waals surface area contributed by atoms with Crippen LogP contribution in [-0.2, 0) is 19.3 Å². The van der Waals surface area contributed by atoms with Crippen molar-refractivity contribution in [3.05, 3.63) is 34.9 Å². The zero-order valence-electron chi connectivity index (χ0n) is 8.22. The lowest BCUT2D eigenvalue weighted by Crippen LogP contribution is -2.28. The van der Waals surface area contributed by atoms with Gasteiger partial charge in [0.15, 0.2) is 0 Å². The van der Waals surface area contributed by atoms with E-state index in [1.807, 2.05) is 0 Å². The minimum Gasteiger partial charge on any atom is -0.327 e. The molecular formula is C12H17N. The second-order valence-corrected chi connectivity index (χ2v) is 3.91. The van der Waals surface area contributed by atoms with Gasteiger partial charge in [0.1, 0.15) is 0 Å². The number of nitrogens with two attached hydrogens (primary N) is 1. The van der Waals surface area contributed by atoms with E-state index in [2.05, 4.69) is 25.1 Å². The third-order valence-electron chi connectivity index (χ3n) is 3.00. The van der Waals surface area contributed by atoms with Gasteiger partial charge in [0.25, 0.3) is 0 Å². The normalized spacial score (nSPS) is 21.2. The predicted octanol–water partition coefficient (Wildman–Crippen LogP) is 2.06. The molecule has 1 atom stereocenters. The fraction of sp³-hybridized carbons (Fsp3) is 0.500. The van der Waals surface area contributed by atoms with Gasteiger partial charge in [-0.15, -0.1) is 0 Å². The quantitative estimate of drug-likeness (QED) is 0.694. The standard InChI is InChI=1S/C12H17N/c1-2-9-4-3-5-10-6-7-11(13)8-12(9)10/h3-5,11H,2,6-8,13H2,1H3/t11-/m1/s1. The van der Waals surface area contributed by atoms with E-state index in [0.29, 0.717) is 6.04 Å². The first-order valence-electron chi connectivity index (χ1n) is 5.16. The number of rotatable bonds is 1. The predicted molar refractivity (Wildman–Crippen MR) is 55.8 cm³/mol. The molecule has 1 aromatic carbocycles. The van der Waals surface area contributed by atoms with Crippen LogP contribution in [0.4, 0.5) is 0 Å². The van der Waals surface area contributed by atoms with Crippen molar-refractivity contribution in [2.45, 2.75) is 38.6 Å². The molecule has 0 saturated heterocycles. The molecule has 0 fully saturated rings. The molecule has 0 heterocycles. The molecule has 0 unspecified atom stereocenters. The van der Waals surface area contributed by atoms with Gasteiger partial charge in [-0.25, -0.2) is 0 Å². The summed E-state index contributed by atoms with van der Waals surface area (Å²) in [4.78, 5) is 0. The number of fused-ring (bicyclic) bond motifs is 1. The maximum absolute atomic E-state index is 5.97. The second-order valence-electron chi connectivity index (χ2n) is 3.91. The number of aryl methyl sites for hydroxylation is 2. The Morgan fingerprint density at radius 2 is 2.31 bits per heavy atom. The molecule has 0 bridgehead atoms. The molecule has 1 heteroatoms. The van der Waals surface area contributed by atoms with Crippen LogP contribution < -0.4 is 5.73 Å². The molecule has 0 radical (unpaired) electrons. The van der Waals surface area contributed by atoms with Gasteiger partial charge in [-0.2, -0.15) is 0 Å². The molecule has 1 nitrogen and oxygen atoms in total. The molecule has 2 rings (SSSR count). The summed E-state index contributed by atoms with van der Waals surface area (Å²) < 4.78 is 0. The zero-order valence-corrected chi connectivity index (χ0v) is 8.22. The molecule has 0 amide bonds. The Balaban J connectivity index is 2.41. The van der Waals surface area contributed by atoms with Crippen LogP contribution in [0.2, 0.25) is 0 Å². The maximum Gasteiger partial charge on any atom is 0.00826 e. The highest BCUT2D eigenvalue weighted by Crippen LogP contribution is 2.24. The number of hydrogen-bond acceptors (Lipinski definition) is 1. The van der Waals surface area contributed by atoms with Gasteiger partial charge in [-0.05, 0) is 42.4 Å². The summed E-state index contributed by atoms with van der Waals surface area (Å²) in [5, 5.41) is 0. The lowest BCUT2D eigenvalue weighted by Gasteiger charge is -2.23. The van der Waals surface area contributed by atoms with Crippen molar-refractivity contribution in [2.24, 2.45) is 5.73 Å². The highest BCUT2D eigenvalue weighted by Gasteiger charge is 2.16. The van der Waals surface area contributed by atoms with Crippen LogP contribution in [0.1, 0.15) is 30.0 Å². The molecule has 1 aromatic rings. The molecular weight excluding hydrogens is 158 g/mol. The maximum atomic E-state index is 5.97. The van der Waals surface area contributed by atoms with E-state index in [4.69, 9.17) is 5.73 Å². The van der Waals surface area contributed by atoms with Crippen molar-refractivity contribution in [3.63, 3.8) is 0 Å². The summed E-state index contributed by atoms with van der Waals surface area (Å²) in [6.07, 6.45) is 4.54. The summed E-state index contributed by atoms with van der Waals surface area (Å²) in [6.45, 7) is 2.22. The van der Waals surface area contributed by atoms with E-state index in [-0.39, 0.29) is 0 Å². The lowest BCUT2D eigenvalue weighted by molar-refractivity contribution is 0.573. The van der Waals surface area contributed by atoms with Crippen molar-refractivity contribution in [1.82, 2.24) is 0 Å². The van der Waals surface area contributed by atoms with Gasteiger partial charge < -0.3 is 5.73 Å². The van der Waals surface area contributed by atoms with Crippen molar-refractivity contribution < 1.29 is 0 Å². The summed E-state index contributed by atoms with van der Waals surface area (Å²) in [5.41, 5.74) is 10.5. The van der Waals surface area contributed by atoms with Crippen LogP contribution in [0.15, 0.2) is 18.2 Å². The summed E-state index contributed by atoms with van der Waals surface area (Å²) in [7, 11) is 0. The molecule has 70 valence electrons. The zero-order chi connectivity index (χ0) is 9.26. The summed E-state index contributed by atoms with van der Waals surface area (Å²) in [6, 6.07) is 7.05. The van der Waals surface area contributed by atoms with Crippen LogP contribution in [0, 0.1) is 0 Å².